The van der Waals surface area contributed by atoms with E-state index in [4.69, 9.17) is 4.74 Å². The van der Waals surface area contributed by atoms with Crippen molar-refractivity contribution in [2.24, 2.45) is 14.1 Å². The number of ketones is 1. The van der Waals surface area contributed by atoms with E-state index in [0.717, 1.165) is 21.9 Å². The molecule has 2 aromatic heterocycles. The van der Waals surface area contributed by atoms with E-state index in [1.54, 1.807) is 28.8 Å². The zero-order chi connectivity index (χ0) is 25.1. The molecule has 35 heavy (non-hydrogen) atoms. The maximum Gasteiger partial charge on any atom is 0.332 e. The summed E-state index contributed by atoms with van der Waals surface area (Å²) in [7, 11) is 2.92. The van der Waals surface area contributed by atoms with Crippen LogP contribution in [0, 0.1) is 6.92 Å². The van der Waals surface area contributed by atoms with Crippen molar-refractivity contribution in [2.75, 3.05) is 12.4 Å². The van der Waals surface area contributed by atoms with Crippen molar-refractivity contribution >= 4 is 28.7 Å². The number of carbonyl (C=O) groups is 1. The van der Waals surface area contributed by atoms with Gasteiger partial charge in [0.15, 0.2) is 22.1 Å². The number of ether oxygens (including phenoxy) is 1. The number of benzene rings is 2. The number of nitrogens with zero attached hydrogens (tertiary/aromatic N) is 4. The molecule has 1 N–H and O–H groups in total. The molecule has 2 aromatic carbocycles. The van der Waals surface area contributed by atoms with Gasteiger partial charge in [0.25, 0.3) is 5.56 Å². The molecule has 0 amide bonds. The minimum Gasteiger partial charge on any atom is -0.491 e. The van der Waals surface area contributed by atoms with Crippen LogP contribution in [0.25, 0.3) is 11.2 Å². The lowest BCUT2D eigenvalue weighted by molar-refractivity contribution is 0.0910. The van der Waals surface area contributed by atoms with Gasteiger partial charge in [-0.1, -0.05) is 60.3 Å². The molecule has 0 aliphatic rings. The van der Waals surface area contributed by atoms with Gasteiger partial charge in [0, 0.05) is 19.7 Å². The fraction of sp³-hybridized carbons (Fsp3) is 0.280. The van der Waals surface area contributed by atoms with Crippen LogP contribution in [0.2, 0.25) is 0 Å². The van der Waals surface area contributed by atoms with E-state index in [2.05, 4.69) is 4.98 Å². The number of aromatic nitrogens is 4. The molecule has 1 atom stereocenters. The number of aliphatic hydroxyl groups is 1. The Hall–Kier alpha value is -3.63. The van der Waals surface area contributed by atoms with Gasteiger partial charge in [-0.3, -0.25) is 18.7 Å². The number of aliphatic hydroxyl groups excluding tert-OH is 1. The molecule has 0 spiro atoms. The first kappa shape index (κ1) is 24.5. The lowest BCUT2D eigenvalue weighted by Crippen LogP contribution is -2.38. The second-order valence-corrected chi connectivity index (χ2v) is 9.13. The summed E-state index contributed by atoms with van der Waals surface area (Å²) in [4.78, 5) is 42.6. The molecule has 0 aliphatic heterocycles. The number of hydrogen-bond donors (Lipinski definition) is 1. The van der Waals surface area contributed by atoms with Crippen molar-refractivity contribution < 1.29 is 14.6 Å². The Bertz CT molecular complexity index is 1490. The van der Waals surface area contributed by atoms with Gasteiger partial charge in [0.1, 0.15) is 18.5 Å². The van der Waals surface area contributed by atoms with Gasteiger partial charge in [-0.05, 0) is 18.6 Å². The lowest BCUT2D eigenvalue weighted by atomic mass is 10.2. The molecule has 2 heterocycles. The average molecular weight is 495 g/mol. The molecule has 182 valence electrons. The number of fused-ring (bicyclic) bond motifs is 1. The highest BCUT2D eigenvalue weighted by molar-refractivity contribution is 7.99. The molecule has 0 aliphatic carbocycles. The first-order chi connectivity index (χ1) is 16.8. The largest absolute Gasteiger partial charge is 0.491 e. The number of thioether (sulfide) groups is 1. The van der Waals surface area contributed by atoms with Crippen LogP contribution in [0.5, 0.6) is 5.75 Å². The van der Waals surface area contributed by atoms with E-state index in [-0.39, 0.29) is 35.9 Å². The second kappa shape index (κ2) is 10.3. The summed E-state index contributed by atoms with van der Waals surface area (Å²) < 4.78 is 9.61. The van der Waals surface area contributed by atoms with Crippen LogP contribution in [-0.2, 0) is 20.6 Å². The molecule has 1 unspecified atom stereocenters. The van der Waals surface area contributed by atoms with Gasteiger partial charge in [-0.25, -0.2) is 9.78 Å². The summed E-state index contributed by atoms with van der Waals surface area (Å²) >= 11 is 1.15. The third-order valence-corrected chi connectivity index (χ3v) is 6.64. The minimum absolute atomic E-state index is 0.00230. The summed E-state index contributed by atoms with van der Waals surface area (Å²) in [6, 6.07) is 16.4. The summed E-state index contributed by atoms with van der Waals surface area (Å²) in [6.45, 7) is 1.90. The molecule has 9 nitrogen and oxygen atoms in total. The van der Waals surface area contributed by atoms with E-state index in [9.17, 15) is 19.5 Å². The Balaban J connectivity index is 1.65. The number of aryl methyl sites for hydroxylation is 2. The third kappa shape index (κ3) is 5.08. The Kier molecular flexibility index (Phi) is 7.23. The molecule has 4 aromatic rings. The smallest absolute Gasteiger partial charge is 0.332 e. The predicted molar refractivity (Wildman–Crippen MR) is 134 cm³/mol. The SMILES string of the molecule is Cc1ccccc1OCC(O)Cn1c(SCC(=O)c2ccccc2)nc2c1c(=O)n(C)c(=O)n2C. The molecule has 0 radical (unpaired) electrons. The Morgan fingerprint density at radius 3 is 2.46 bits per heavy atom. The van der Waals surface area contributed by atoms with Gasteiger partial charge >= 0.3 is 5.69 Å². The molecule has 4 rings (SSSR count). The highest BCUT2D eigenvalue weighted by Gasteiger charge is 2.22. The van der Waals surface area contributed by atoms with Gasteiger partial charge in [-0.2, -0.15) is 0 Å². The van der Waals surface area contributed by atoms with Crippen molar-refractivity contribution in [3.63, 3.8) is 0 Å². The summed E-state index contributed by atoms with van der Waals surface area (Å²) in [6.07, 6.45) is -0.974. The normalized spacial score (nSPS) is 12.1. The molecule has 0 fully saturated rings. The van der Waals surface area contributed by atoms with E-state index in [1.807, 2.05) is 37.3 Å². The van der Waals surface area contributed by atoms with Crippen molar-refractivity contribution in [2.45, 2.75) is 24.7 Å². The number of imidazole rings is 1. The summed E-state index contributed by atoms with van der Waals surface area (Å²) in [5.74, 6) is 0.639. The highest BCUT2D eigenvalue weighted by Crippen LogP contribution is 2.24. The molecule has 0 saturated heterocycles. The van der Waals surface area contributed by atoms with Crippen molar-refractivity contribution in [3.05, 3.63) is 86.6 Å². The van der Waals surface area contributed by atoms with Gasteiger partial charge in [-0.15, -0.1) is 0 Å². The zero-order valence-corrected chi connectivity index (χ0v) is 20.5. The zero-order valence-electron chi connectivity index (χ0n) is 19.7. The fourth-order valence-electron chi connectivity index (χ4n) is 3.71. The first-order valence-electron chi connectivity index (χ1n) is 11.0. The van der Waals surface area contributed by atoms with E-state index < -0.39 is 17.4 Å². The topological polar surface area (TPSA) is 108 Å². The number of rotatable bonds is 9. The van der Waals surface area contributed by atoms with Crippen LogP contribution < -0.4 is 16.0 Å². The average Bonchev–Trinajstić information content (AvgIpc) is 3.22. The van der Waals surface area contributed by atoms with E-state index in [0.29, 0.717) is 16.5 Å². The number of Topliss-reactive ketones (excluding diaryl/α,β-unsaturated/α-hetero) is 1. The van der Waals surface area contributed by atoms with Crippen LogP contribution in [0.1, 0.15) is 15.9 Å². The molecule has 10 heteroatoms. The predicted octanol–water partition coefficient (Wildman–Crippen LogP) is 2.16. The highest BCUT2D eigenvalue weighted by atomic mass is 32.2. The van der Waals surface area contributed by atoms with Gasteiger partial charge in [0.05, 0.1) is 12.3 Å². The number of hydrogen-bond acceptors (Lipinski definition) is 7. The fourth-order valence-corrected chi connectivity index (χ4v) is 4.61. The van der Waals surface area contributed by atoms with Crippen LogP contribution in [0.4, 0.5) is 0 Å². The van der Waals surface area contributed by atoms with Crippen molar-refractivity contribution in [1.29, 1.82) is 0 Å². The minimum atomic E-state index is -0.974. The maximum atomic E-state index is 13.0. The van der Waals surface area contributed by atoms with Crippen molar-refractivity contribution in [3.8, 4) is 5.75 Å². The molecule has 0 bridgehead atoms. The van der Waals surface area contributed by atoms with Crippen LogP contribution >= 0.6 is 11.8 Å². The standard InChI is InChI=1S/C25H26N4O5S/c1-16-9-7-8-12-20(16)34-14-18(30)13-29-21-22(27(2)25(33)28(3)23(21)32)26-24(29)35-15-19(31)17-10-5-4-6-11-17/h4-12,18,30H,13-15H2,1-3H3. The Labute approximate surface area is 205 Å². The molecule has 0 saturated carbocycles. The van der Waals surface area contributed by atoms with Gasteiger partial charge in [0.2, 0.25) is 0 Å². The molecular formula is C25H26N4O5S. The summed E-state index contributed by atoms with van der Waals surface area (Å²) in [5.41, 5.74) is 0.847. The Morgan fingerprint density at radius 2 is 1.74 bits per heavy atom. The lowest BCUT2D eigenvalue weighted by Gasteiger charge is -2.16. The summed E-state index contributed by atoms with van der Waals surface area (Å²) in [5, 5.41) is 11.1. The monoisotopic (exact) mass is 494 g/mol. The second-order valence-electron chi connectivity index (χ2n) is 8.19. The van der Waals surface area contributed by atoms with Gasteiger partial charge < -0.3 is 14.4 Å². The maximum absolute atomic E-state index is 13.0. The van der Waals surface area contributed by atoms with Crippen LogP contribution in [0.15, 0.2) is 69.3 Å². The van der Waals surface area contributed by atoms with Crippen LogP contribution in [0.3, 0.4) is 0 Å². The van der Waals surface area contributed by atoms with E-state index >= 15 is 0 Å². The first-order valence-corrected chi connectivity index (χ1v) is 12.0. The Morgan fingerprint density at radius 1 is 1.06 bits per heavy atom. The molecular weight excluding hydrogens is 468 g/mol. The third-order valence-electron chi connectivity index (χ3n) is 5.66. The van der Waals surface area contributed by atoms with Crippen molar-refractivity contribution in [1.82, 2.24) is 18.7 Å². The quantitative estimate of drug-likeness (QED) is 0.281. The van der Waals surface area contributed by atoms with E-state index in [1.165, 1.54) is 18.7 Å². The van der Waals surface area contributed by atoms with Crippen LogP contribution in [-0.4, -0.2) is 48.0 Å². The number of para-hydroxylation sites is 1. The number of carbonyl (C=O) groups excluding carboxylic acids is 1.